The fourth-order valence-corrected chi connectivity index (χ4v) is 8.45. The van der Waals surface area contributed by atoms with Crippen LogP contribution in [0.15, 0.2) is 30.3 Å². The monoisotopic (exact) mass is 728 g/mol. The number of benzene rings is 2. The van der Waals surface area contributed by atoms with E-state index in [0.29, 0.717) is 45.1 Å². The molecule has 1 unspecified atom stereocenters. The highest BCUT2D eigenvalue weighted by atomic mass is 35.5. The molecule has 4 aromatic rings. The van der Waals surface area contributed by atoms with E-state index in [2.05, 4.69) is 33.5 Å². The number of H-pyrrole nitrogens is 1. The molecule has 1 atom stereocenters. The number of carbonyl (C=O) groups is 1. The molecule has 3 saturated carbocycles. The van der Waals surface area contributed by atoms with Gasteiger partial charge < -0.3 is 20.3 Å². The Morgan fingerprint density at radius 2 is 1.90 bits per heavy atom. The van der Waals surface area contributed by atoms with Gasteiger partial charge in [-0.1, -0.05) is 35.3 Å². The molecule has 3 N–H and O–H groups in total. The van der Waals surface area contributed by atoms with Gasteiger partial charge >= 0.3 is 0 Å². The fourth-order valence-electron chi connectivity index (χ4n) is 8.06. The molecule has 1 amide bonds. The first-order valence-electron chi connectivity index (χ1n) is 18.2. The van der Waals surface area contributed by atoms with Gasteiger partial charge in [0.05, 0.1) is 33.7 Å². The van der Waals surface area contributed by atoms with Crippen LogP contribution in [0, 0.1) is 59.1 Å². The molecule has 51 heavy (non-hydrogen) atoms. The van der Waals surface area contributed by atoms with Crippen molar-refractivity contribution in [1.82, 2.24) is 20.2 Å². The summed E-state index contributed by atoms with van der Waals surface area (Å²) in [4.78, 5) is 23.1. The smallest absolute Gasteiger partial charge is 0.226 e. The molecule has 3 aliphatic carbocycles. The van der Waals surface area contributed by atoms with Crippen molar-refractivity contribution in [3.8, 4) is 23.3 Å². The lowest BCUT2D eigenvalue weighted by molar-refractivity contribution is -0.133. The molecule has 3 aliphatic heterocycles. The molecule has 10 rings (SSSR count). The molecule has 0 spiro atoms. The highest BCUT2D eigenvalue weighted by molar-refractivity contribution is 6.43. The summed E-state index contributed by atoms with van der Waals surface area (Å²) in [5, 5.41) is 31.6. The quantitative estimate of drug-likeness (QED) is 0.183. The van der Waals surface area contributed by atoms with Crippen LogP contribution in [0.4, 0.5) is 4.39 Å². The Labute approximate surface area is 307 Å². The lowest BCUT2D eigenvalue weighted by Crippen LogP contribution is -2.31. The van der Waals surface area contributed by atoms with E-state index in [9.17, 15) is 10.1 Å². The number of nitrogens with zero attached hydrogens (tertiary/aromatic N) is 4. The summed E-state index contributed by atoms with van der Waals surface area (Å²) in [5.74, 6) is 1.68. The van der Waals surface area contributed by atoms with Gasteiger partial charge in [0.15, 0.2) is 5.82 Å². The number of aromatic amines is 1. The fraction of sp³-hybridized carbons (Fsp3) is 0.500. The van der Waals surface area contributed by atoms with Gasteiger partial charge in [0, 0.05) is 70.7 Å². The van der Waals surface area contributed by atoms with Crippen LogP contribution in [0.2, 0.25) is 10.0 Å². The van der Waals surface area contributed by atoms with Crippen molar-refractivity contribution >= 4 is 50.9 Å². The van der Waals surface area contributed by atoms with Gasteiger partial charge in [-0.05, 0) is 107 Å². The van der Waals surface area contributed by atoms with Gasteiger partial charge in [-0.3, -0.25) is 4.79 Å². The third-order valence-corrected chi connectivity index (χ3v) is 12.1. The number of likely N-dealkylation sites (tertiary alicyclic amines) is 1. The maximum absolute atomic E-state index is 16.3. The summed E-state index contributed by atoms with van der Waals surface area (Å²) in [6, 6.07) is 14.4. The van der Waals surface area contributed by atoms with Crippen molar-refractivity contribution in [3.05, 3.63) is 63.1 Å². The lowest BCUT2D eigenvalue weighted by Gasteiger charge is -2.28. The minimum Gasteiger partial charge on any atom is -0.396 e. The zero-order chi connectivity index (χ0) is 35.8. The second kappa shape index (κ2) is 15.1. The van der Waals surface area contributed by atoms with Crippen molar-refractivity contribution in [1.29, 1.82) is 10.5 Å². The molecule has 6 aliphatic rings. The van der Waals surface area contributed by atoms with Crippen LogP contribution >= 0.6 is 23.2 Å². The van der Waals surface area contributed by atoms with Gasteiger partial charge in [0.25, 0.3) is 0 Å². The third kappa shape index (κ3) is 7.19. The summed E-state index contributed by atoms with van der Waals surface area (Å²) in [6.07, 6.45) is 9.17. The highest BCUT2D eigenvalue weighted by Crippen LogP contribution is 2.43. The van der Waals surface area contributed by atoms with Crippen LogP contribution < -0.4 is 5.32 Å². The Balaban J connectivity index is 0.000000238. The summed E-state index contributed by atoms with van der Waals surface area (Å²) >= 11 is 12.8. The number of hydrogen-bond donors (Lipinski definition) is 3. The van der Waals surface area contributed by atoms with E-state index in [1.54, 1.807) is 18.2 Å². The van der Waals surface area contributed by atoms with Crippen molar-refractivity contribution in [2.75, 3.05) is 19.7 Å². The van der Waals surface area contributed by atoms with E-state index in [4.69, 9.17) is 33.6 Å². The number of aryl methyl sites for hydroxylation is 2. The number of carbonyl (C=O) groups excluding carboxylic acids is 1. The van der Waals surface area contributed by atoms with Gasteiger partial charge in [0.1, 0.15) is 5.52 Å². The minimum atomic E-state index is -0.484. The number of rotatable bonds is 6. The number of pyridine rings is 1. The highest BCUT2D eigenvalue weighted by Gasteiger charge is 2.39. The van der Waals surface area contributed by atoms with Gasteiger partial charge in [-0.25, -0.2) is 9.37 Å². The van der Waals surface area contributed by atoms with E-state index < -0.39 is 5.82 Å². The summed E-state index contributed by atoms with van der Waals surface area (Å²) in [5.41, 5.74) is 4.17. The van der Waals surface area contributed by atoms with E-state index in [1.165, 1.54) is 19.4 Å². The van der Waals surface area contributed by atoms with Crippen LogP contribution in [-0.2, 0) is 11.2 Å². The van der Waals surface area contributed by atoms with Gasteiger partial charge in [-0.15, -0.1) is 0 Å². The number of nitrogens with one attached hydrogen (secondary N) is 2. The third-order valence-electron chi connectivity index (χ3n) is 11.3. The number of fused-ring (bicyclic) bond motifs is 4. The maximum Gasteiger partial charge on any atom is 0.226 e. The number of halogens is 3. The lowest BCUT2D eigenvalue weighted by atomic mass is 9.76. The van der Waals surface area contributed by atoms with Gasteiger partial charge in [-0.2, -0.15) is 10.5 Å². The molecular weight excluding hydrogens is 686 g/mol. The minimum absolute atomic E-state index is 0.0117. The Morgan fingerprint density at radius 1 is 1.12 bits per heavy atom. The van der Waals surface area contributed by atoms with Crippen molar-refractivity contribution in [2.24, 2.45) is 23.7 Å². The van der Waals surface area contributed by atoms with Crippen LogP contribution in [0.3, 0.4) is 0 Å². The molecular formula is C40H43Cl2FN6O2. The first kappa shape index (κ1) is 35.7. The topological polar surface area (TPSA) is 129 Å². The first-order chi connectivity index (χ1) is 24.7. The number of hydrogen-bond acceptors (Lipinski definition) is 6. The zero-order valence-corrected chi connectivity index (χ0v) is 30.3. The first-order valence-corrected chi connectivity index (χ1v) is 19.0. The van der Waals surface area contributed by atoms with Crippen molar-refractivity contribution in [3.63, 3.8) is 0 Å². The maximum atomic E-state index is 16.3. The normalized spacial score (nSPS) is 24.5. The standard InChI is InChI=1S/C29H25Cl2FN4O.C6H9NO.C5H9N/c1-15-19-14-22(23-8-4-12-36(23)29(37)16-9-10-16)35-27(19)20-13-17(5-3-11-33)24(26(32)28(20)34-15)18-6-2-7-21(30)25(18)31;7-3-5-1-6(2-5)4-8;1-4-2-5(1)6-3-4/h2,6-7,13-14,16,23,35H,3-5,8-10,12H2,1H3;5-6,8H,1-2,4H2;4-6H,1-3H2. The second-order valence-electron chi connectivity index (χ2n) is 14.8. The Kier molecular flexibility index (Phi) is 10.6. The molecule has 5 heterocycles. The van der Waals surface area contributed by atoms with Crippen LogP contribution in [0.1, 0.15) is 80.8 Å². The Hall–Kier alpha value is -3.73. The largest absolute Gasteiger partial charge is 0.396 e. The number of aromatic nitrogens is 2. The average Bonchev–Trinajstić information content (AvgIpc) is 3.50. The van der Waals surface area contributed by atoms with E-state index in [0.717, 1.165) is 73.6 Å². The Bertz CT molecular complexity index is 2020. The molecule has 2 aromatic carbocycles. The van der Waals surface area contributed by atoms with Gasteiger partial charge in [0.2, 0.25) is 5.91 Å². The molecule has 2 bridgehead atoms. The predicted octanol–water partition coefficient (Wildman–Crippen LogP) is 8.56. The number of nitriles is 2. The van der Waals surface area contributed by atoms with E-state index in [1.807, 2.05) is 17.9 Å². The summed E-state index contributed by atoms with van der Waals surface area (Å²) < 4.78 is 16.3. The van der Waals surface area contributed by atoms with E-state index >= 15 is 4.39 Å². The molecule has 8 nitrogen and oxygen atoms in total. The molecule has 6 fully saturated rings. The van der Waals surface area contributed by atoms with Crippen molar-refractivity contribution < 1.29 is 14.3 Å². The molecule has 266 valence electrons. The van der Waals surface area contributed by atoms with E-state index in [-0.39, 0.29) is 47.4 Å². The van der Waals surface area contributed by atoms with Crippen LogP contribution in [0.5, 0.6) is 0 Å². The number of aliphatic hydroxyl groups is 1. The average molecular weight is 730 g/mol. The SMILES string of the molecule is C1NC2CC1C2.Cc1nc2c(F)c(-c3cccc(Cl)c3Cl)c(CCC#N)cc2c2[nH]c(C3CCCN3C(=O)C3CC3)cc12.N#CC1CC(CO)C1. The second-order valence-corrected chi connectivity index (χ2v) is 15.6. The molecule has 0 radical (unpaired) electrons. The molecule has 2 aromatic heterocycles. The van der Waals surface area contributed by atoms with Crippen LogP contribution in [0.25, 0.3) is 32.9 Å². The molecule has 11 heteroatoms. The predicted molar refractivity (Wildman–Crippen MR) is 198 cm³/mol. The Morgan fingerprint density at radius 3 is 2.53 bits per heavy atom. The number of amides is 1. The van der Waals surface area contributed by atoms with Crippen molar-refractivity contribution in [2.45, 2.75) is 83.2 Å². The molecule has 3 saturated heterocycles. The number of aliphatic hydroxyl groups excluding tert-OH is 1. The van der Waals surface area contributed by atoms with Crippen LogP contribution in [-0.4, -0.2) is 51.6 Å². The summed E-state index contributed by atoms with van der Waals surface area (Å²) in [7, 11) is 0. The summed E-state index contributed by atoms with van der Waals surface area (Å²) in [6.45, 7) is 4.21. The zero-order valence-electron chi connectivity index (χ0n) is 28.8.